The maximum absolute atomic E-state index is 5.09. The average Bonchev–Trinajstić information content (AvgIpc) is 1.68. The highest BCUT2D eigenvalue weighted by Gasteiger charge is 1.67. The molecule has 7 heavy (non-hydrogen) atoms. The van der Waals surface area contributed by atoms with Crippen LogP contribution in [-0.4, -0.2) is 11.9 Å². The molecule has 0 fully saturated rings. The van der Waals surface area contributed by atoms with Gasteiger partial charge in [-0.15, -0.1) is 8.63 Å². The smallest absolute Gasteiger partial charge is 0.00808 e. The van der Waals surface area contributed by atoms with Crippen molar-refractivity contribution in [2.75, 3.05) is 11.9 Å². The Morgan fingerprint density at radius 2 is 2.14 bits per heavy atom. The summed E-state index contributed by atoms with van der Waals surface area (Å²) in [5, 5.41) is 0. The zero-order chi connectivity index (χ0) is 5.70. The van der Waals surface area contributed by atoms with Crippen LogP contribution in [0.4, 0.5) is 0 Å². The van der Waals surface area contributed by atoms with Crippen LogP contribution in [-0.2, 0) is 19.8 Å². The lowest BCUT2D eigenvalue weighted by Crippen LogP contribution is -1.69. The summed E-state index contributed by atoms with van der Waals surface area (Å²) in [5.41, 5.74) is 0. The van der Waals surface area contributed by atoms with Gasteiger partial charge >= 0.3 is 0 Å². The Balaban J connectivity index is 3.52. The van der Waals surface area contributed by atoms with Crippen molar-refractivity contribution in [3.05, 3.63) is 0 Å². The fraction of sp³-hybridized carbons (Fsp3) is 1.00. The van der Waals surface area contributed by atoms with Crippen LogP contribution in [0.3, 0.4) is 0 Å². The molecule has 0 nitrogen and oxygen atoms in total. The average molecular weight is 154 g/mol. The topological polar surface area (TPSA) is 0 Å². The van der Waals surface area contributed by atoms with E-state index < -0.39 is 0 Å². The third kappa shape index (κ3) is 4.73. The van der Waals surface area contributed by atoms with E-state index in [9.17, 15) is 0 Å². The van der Waals surface area contributed by atoms with Gasteiger partial charge in [0.2, 0.25) is 0 Å². The number of hydrogen-bond acceptors (Lipinski definition) is 1. The summed E-state index contributed by atoms with van der Waals surface area (Å²) in [7, 11) is 1.47. The molecule has 0 radical (unpaired) electrons. The molecule has 44 valence electrons. The van der Waals surface area contributed by atoms with Crippen molar-refractivity contribution in [1.29, 1.82) is 0 Å². The summed E-state index contributed by atoms with van der Waals surface area (Å²) < 4.78 is 0. The van der Waals surface area contributed by atoms with E-state index in [1.54, 1.807) is 0 Å². The molecule has 0 aliphatic carbocycles. The highest BCUT2D eigenvalue weighted by Crippen LogP contribution is 1.95. The van der Waals surface area contributed by atoms with Gasteiger partial charge in [0.1, 0.15) is 0 Å². The summed E-state index contributed by atoms with van der Waals surface area (Å²) in [6.45, 7) is 4.35. The van der Waals surface area contributed by atoms with Gasteiger partial charge in [0.25, 0.3) is 0 Å². The van der Waals surface area contributed by atoms with Gasteiger partial charge in [-0.3, -0.25) is 0 Å². The molecule has 0 aromatic carbocycles. The van der Waals surface area contributed by atoms with E-state index in [4.69, 9.17) is 11.2 Å². The molecular weight excluding hydrogens is 143 g/mol. The Hall–Kier alpha value is 0.870. The van der Waals surface area contributed by atoms with Gasteiger partial charge < -0.3 is 0 Å². The second-order valence-electron chi connectivity index (χ2n) is 1.13. The largest absolute Gasteiger partial charge is 0.137 e. The molecule has 0 N–H and O–H groups in total. The van der Waals surface area contributed by atoms with Crippen LogP contribution >= 0.6 is 7.36 Å². The molecule has 0 spiro atoms. The number of thiol groups is 1. The molecule has 0 saturated heterocycles. The van der Waals surface area contributed by atoms with E-state index in [1.165, 1.54) is 19.3 Å². The predicted octanol–water partition coefficient (Wildman–Crippen LogP) is 1.70. The lowest BCUT2D eigenvalue weighted by atomic mass is 11.0. The first kappa shape index (κ1) is 7.87. The highest BCUT2D eigenvalue weighted by molar-refractivity contribution is 8.41. The Morgan fingerprint density at radius 3 is 2.29 bits per heavy atom. The summed E-state index contributed by atoms with van der Waals surface area (Å²) in [6, 6.07) is 0. The third-order valence-corrected chi connectivity index (χ3v) is 6.17. The zero-order valence-electron chi connectivity index (χ0n) is 4.72. The first-order chi connectivity index (χ1) is 3.31. The Morgan fingerprint density at radius 1 is 1.57 bits per heavy atom. The first-order valence-corrected chi connectivity index (χ1v) is 6.75. The normalized spacial score (nSPS) is 14.6. The molecule has 0 bridgehead atoms. The lowest BCUT2D eigenvalue weighted by Gasteiger charge is -1.80. The quantitative estimate of drug-likeness (QED) is 0.466. The van der Waals surface area contributed by atoms with E-state index in [0.29, 0.717) is 0 Å². The van der Waals surface area contributed by atoms with Crippen molar-refractivity contribution in [2.24, 2.45) is 0 Å². The molecule has 0 rings (SSSR count). The van der Waals surface area contributed by atoms with Crippen LogP contribution < -0.4 is 0 Å². The summed E-state index contributed by atoms with van der Waals surface area (Å²) in [4.78, 5) is 0. The van der Waals surface area contributed by atoms with Crippen LogP contribution in [0.2, 0.25) is 0 Å². The fourth-order valence-electron chi connectivity index (χ4n) is 0.258. The molecule has 0 amide bonds. The van der Waals surface area contributed by atoms with Crippen LogP contribution in [0.25, 0.3) is 0 Å². The molecule has 0 saturated carbocycles. The van der Waals surface area contributed by atoms with Gasteiger partial charge in [0.05, 0.1) is 0 Å². The molecule has 0 aliphatic heterocycles. The van der Waals surface area contributed by atoms with E-state index >= 15 is 0 Å². The maximum atomic E-state index is 5.09. The minimum atomic E-state index is -0.0229. The Kier molecular flexibility index (Phi) is 5.64. The SMILES string of the molecule is CCP=[SH](=S)CC. The second kappa shape index (κ2) is 5.02. The van der Waals surface area contributed by atoms with Gasteiger partial charge in [-0.2, -0.15) is 0 Å². The van der Waals surface area contributed by atoms with Crippen LogP contribution in [0.5, 0.6) is 0 Å². The van der Waals surface area contributed by atoms with E-state index in [-0.39, 0.29) is 8.63 Å². The highest BCUT2D eigenvalue weighted by atomic mass is 32.9. The first-order valence-electron chi connectivity index (χ1n) is 2.43. The Bertz CT molecular complexity index is 102. The number of rotatable bonds is 2. The van der Waals surface area contributed by atoms with E-state index in [0.717, 1.165) is 0 Å². The van der Waals surface area contributed by atoms with Crippen LogP contribution in [0.15, 0.2) is 0 Å². The van der Waals surface area contributed by atoms with Gasteiger partial charge in [-0.25, -0.2) is 0 Å². The Labute approximate surface area is 53.3 Å². The van der Waals surface area contributed by atoms with Crippen molar-refractivity contribution in [2.45, 2.75) is 13.8 Å². The van der Waals surface area contributed by atoms with Crippen molar-refractivity contribution >= 4 is 27.2 Å². The van der Waals surface area contributed by atoms with Crippen molar-refractivity contribution < 1.29 is 0 Å². The summed E-state index contributed by atoms with van der Waals surface area (Å²) in [5.74, 6) is 1.21. The van der Waals surface area contributed by atoms with Gasteiger partial charge in [0.15, 0.2) is 0 Å². The van der Waals surface area contributed by atoms with E-state index in [2.05, 4.69) is 13.8 Å². The van der Waals surface area contributed by atoms with Crippen LogP contribution in [0.1, 0.15) is 13.8 Å². The minimum Gasteiger partial charge on any atom is -0.137 e. The van der Waals surface area contributed by atoms with Gasteiger partial charge in [-0.1, -0.05) is 32.4 Å². The summed E-state index contributed by atoms with van der Waals surface area (Å²) in [6.07, 6.45) is 1.24. The molecule has 1 unspecified atom stereocenters. The fourth-order valence-corrected chi connectivity index (χ4v) is 3.36. The zero-order valence-corrected chi connectivity index (χ0v) is 7.32. The molecule has 0 heterocycles. The molecule has 0 aromatic rings. The minimum absolute atomic E-state index is 0.0229. The number of hydrogen-bond donors (Lipinski definition) is 1. The van der Waals surface area contributed by atoms with Crippen LogP contribution in [0, 0.1) is 0 Å². The maximum Gasteiger partial charge on any atom is -0.00808 e. The molecule has 0 aliphatic rings. The second-order valence-corrected chi connectivity index (χ2v) is 7.81. The monoisotopic (exact) mass is 154 g/mol. The molecule has 3 heteroatoms. The van der Waals surface area contributed by atoms with Crippen molar-refractivity contribution in [3.8, 4) is 0 Å². The van der Waals surface area contributed by atoms with Crippen molar-refractivity contribution in [3.63, 3.8) is 0 Å². The third-order valence-electron chi connectivity index (χ3n) is 0.570. The molecular formula is C4H11PS2. The molecule has 0 aromatic heterocycles. The predicted molar refractivity (Wildman–Crippen MR) is 44.1 cm³/mol. The van der Waals surface area contributed by atoms with Gasteiger partial charge in [0, 0.05) is 0 Å². The summed E-state index contributed by atoms with van der Waals surface area (Å²) >= 11 is 5.09. The van der Waals surface area contributed by atoms with Gasteiger partial charge in [-0.05, 0) is 11.9 Å². The van der Waals surface area contributed by atoms with Crippen molar-refractivity contribution in [1.82, 2.24) is 0 Å². The standard InChI is InChI=1S/C4H11PS2/c1-3-5-7(6)4-2/h7H,3-4H2,1-2H3. The molecule has 1 atom stereocenters. The van der Waals surface area contributed by atoms with E-state index in [1.807, 2.05) is 0 Å². The lowest BCUT2D eigenvalue weighted by molar-refractivity contribution is 1.52.